The third-order valence-corrected chi connectivity index (χ3v) is 14.3. The van der Waals surface area contributed by atoms with Gasteiger partial charge in [0.25, 0.3) is 0 Å². The zero-order valence-electron chi connectivity index (χ0n) is 43.2. The lowest BCUT2D eigenvalue weighted by Crippen LogP contribution is -2.10. The fourth-order valence-electron chi connectivity index (χ4n) is 9.93. The highest BCUT2D eigenvalue weighted by Crippen LogP contribution is 2.50. The molecule has 0 amide bonds. The van der Waals surface area contributed by atoms with Crippen LogP contribution in [0.15, 0.2) is 170 Å². The van der Waals surface area contributed by atoms with Gasteiger partial charge in [0.05, 0.1) is 0 Å². The molecule has 0 aliphatic heterocycles. The van der Waals surface area contributed by atoms with E-state index in [1.807, 2.05) is 0 Å². The van der Waals surface area contributed by atoms with Crippen molar-refractivity contribution >= 4 is 21.5 Å². The smallest absolute Gasteiger partial charge is 0.00259 e. The largest absolute Gasteiger partial charge is 0.0587 e. The normalized spacial score (nSPS) is 12.6. The Kier molecular flexibility index (Phi) is 11.8. The Morgan fingerprint density at radius 2 is 0.397 bits per heavy atom. The van der Waals surface area contributed by atoms with Crippen LogP contribution in [0.1, 0.15) is 116 Å². The van der Waals surface area contributed by atoms with Gasteiger partial charge in [0.1, 0.15) is 0 Å². The highest BCUT2D eigenvalue weighted by molar-refractivity contribution is 6.24. The van der Waals surface area contributed by atoms with E-state index in [-0.39, 0.29) is 21.7 Å². The molecule has 0 spiro atoms. The second-order valence-corrected chi connectivity index (χ2v) is 23.7. The third kappa shape index (κ3) is 9.11. The number of hydrogen-bond acceptors (Lipinski definition) is 0. The fourth-order valence-corrected chi connectivity index (χ4v) is 9.93. The number of aryl methyl sites for hydroxylation is 2. The van der Waals surface area contributed by atoms with Gasteiger partial charge in [-0.2, -0.15) is 0 Å². The quantitative estimate of drug-likeness (QED) is 0.146. The highest BCUT2D eigenvalue weighted by atomic mass is 14.3. The van der Waals surface area contributed by atoms with E-state index in [1.54, 1.807) is 0 Å². The van der Waals surface area contributed by atoms with E-state index in [9.17, 15) is 0 Å². The first-order valence-corrected chi connectivity index (χ1v) is 24.7. The third-order valence-electron chi connectivity index (χ3n) is 14.3. The maximum atomic E-state index is 2.53. The van der Waals surface area contributed by atoms with E-state index in [0.717, 1.165) is 0 Å². The molecule has 0 saturated heterocycles. The zero-order chi connectivity index (χ0) is 48.5. The van der Waals surface area contributed by atoms with Crippen LogP contribution >= 0.6 is 0 Å². The lowest BCUT2D eigenvalue weighted by molar-refractivity contribution is 0.590. The minimum absolute atomic E-state index is 0.0479. The fraction of sp³-hybridized carbons (Fsp3) is 0.265. The minimum atomic E-state index is 0.0479. The van der Waals surface area contributed by atoms with Crippen molar-refractivity contribution in [2.45, 2.75) is 119 Å². The molecule has 9 aromatic carbocycles. The van der Waals surface area contributed by atoms with Crippen LogP contribution in [0.2, 0.25) is 0 Å². The molecule has 342 valence electrons. The van der Waals surface area contributed by atoms with Crippen molar-refractivity contribution in [1.29, 1.82) is 0 Å². The summed E-state index contributed by atoms with van der Waals surface area (Å²) in [5.74, 6) is 0. The van der Waals surface area contributed by atoms with Gasteiger partial charge in [-0.05, 0) is 170 Å². The van der Waals surface area contributed by atoms with Crippen molar-refractivity contribution in [2.24, 2.45) is 0 Å². The summed E-state index contributed by atoms with van der Waals surface area (Å²) in [4.78, 5) is 0. The molecule has 0 bridgehead atoms. The summed E-state index contributed by atoms with van der Waals surface area (Å²) in [6.45, 7) is 31.9. The van der Waals surface area contributed by atoms with Gasteiger partial charge in [0.15, 0.2) is 0 Å². The van der Waals surface area contributed by atoms with Crippen LogP contribution in [-0.4, -0.2) is 0 Å². The average Bonchev–Trinajstić information content (AvgIpc) is 3.30. The van der Waals surface area contributed by atoms with E-state index in [4.69, 9.17) is 0 Å². The van der Waals surface area contributed by atoms with Gasteiger partial charge < -0.3 is 0 Å². The number of rotatable bonds is 6. The second-order valence-electron chi connectivity index (χ2n) is 23.7. The summed E-state index contributed by atoms with van der Waals surface area (Å²) in [6, 6.07) is 66.0. The lowest BCUT2D eigenvalue weighted by Gasteiger charge is -2.24. The van der Waals surface area contributed by atoms with Gasteiger partial charge in [0.2, 0.25) is 0 Å². The number of hydrogen-bond donors (Lipinski definition) is 0. The summed E-state index contributed by atoms with van der Waals surface area (Å²) in [5, 5.41) is 4.99. The SMILES string of the molecule is Cc1ccc(-c2c3cc(-c4ccc(C(C)(C)C)cc4)c(-c4ccc(C(C)(C)C)cc4)cc3c(-c3ccc(C)cc3)c3cc(-c4ccc(C(C)(C)C)cc4)c(-c4ccc(C(C)(C)C)cc4)cc23)cc1. The molecule has 0 fully saturated rings. The number of benzene rings is 9. The summed E-state index contributed by atoms with van der Waals surface area (Å²) in [6.07, 6.45) is 0. The first kappa shape index (κ1) is 46.6. The van der Waals surface area contributed by atoms with Crippen LogP contribution in [0.4, 0.5) is 0 Å². The molecule has 0 nitrogen and oxygen atoms in total. The Labute approximate surface area is 408 Å². The average molecular weight is 887 g/mol. The summed E-state index contributed by atoms with van der Waals surface area (Å²) >= 11 is 0. The molecular weight excluding hydrogens is 817 g/mol. The Hall–Kier alpha value is -6.50. The Morgan fingerprint density at radius 3 is 0.574 bits per heavy atom. The predicted octanol–water partition coefficient (Wildman–Crippen LogP) is 19.8. The molecule has 0 radical (unpaired) electrons. The molecule has 0 aliphatic rings. The van der Waals surface area contributed by atoms with Gasteiger partial charge in [-0.3, -0.25) is 0 Å². The van der Waals surface area contributed by atoms with E-state index >= 15 is 0 Å². The van der Waals surface area contributed by atoms with E-state index in [0.29, 0.717) is 0 Å². The first-order chi connectivity index (χ1) is 32.0. The van der Waals surface area contributed by atoms with Crippen molar-refractivity contribution in [2.75, 3.05) is 0 Å². The molecule has 0 aliphatic carbocycles. The lowest BCUT2D eigenvalue weighted by atomic mass is 9.79. The molecule has 0 unspecified atom stereocenters. The van der Waals surface area contributed by atoms with E-state index in [2.05, 4.69) is 267 Å². The Morgan fingerprint density at radius 1 is 0.221 bits per heavy atom. The van der Waals surface area contributed by atoms with Crippen LogP contribution in [0.3, 0.4) is 0 Å². The standard InChI is InChI=1S/C68H70/c1-43-15-19-49(20-16-43)63-59-39-55(45-23-31-51(32-24-45)65(3,4)5)57(47-27-35-53(36-28-47)67(9,10)11)41-61(59)64(50-21-17-44(2)18-22-50)62-42-58(48-29-37-54(38-30-48)68(12,13)14)56(40-60(62)63)46-25-33-52(34-26-46)66(6,7)8/h15-42H,1-14H3. The molecule has 0 heteroatoms. The summed E-state index contributed by atoms with van der Waals surface area (Å²) in [5.41, 5.74) is 22.8. The molecule has 68 heavy (non-hydrogen) atoms. The molecule has 0 heterocycles. The topological polar surface area (TPSA) is 0 Å². The van der Waals surface area contributed by atoms with Crippen molar-refractivity contribution in [3.05, 3.63) is 203 Å². The molecule has 0 atom stereocenters. The van der Waals surface area contributed by atoms with Gasteiger partial charge >= 0.3 is 0 Å². The molecule has 9 aromatic rings. The van der Waals surface area contributed by atoms with Gasteiger partial charge in [-0.15, -0.1) is 0 Å². The van der Waals surface area contributed by atoms with E-state index in [1.165, 1.54) is 122 Å². The van der Waals surface area contributed by atoms with Crippen LogP contribution in [0, 0.1) is 13.8 Å². The van der Waals surface area contributed by atoms with Crippen molar-refractivity contribution in [3.8, 4) is 66.8 Å². The summed E-state index contributed by atoms with van der Waals surface area (Å²) < 4.78 is 0. The van der Waals surface area contributed by atoms with Gasteiger partial charge in [-0.1, -0.05) is 240 Å². The predicted molar refractivity (Wildman–Crippen MR) is 298 cm³/mol. The Bertz CT molecular complexity index is 2870. The number of fused-ring (bicyclic) bond motifs is 2. The Balaban J connectivity index is 1.47. The molecule has 9 rings (SSSR count). The molecular formula is C68H70. The van der Waals surface area contributed by atoms with Crippen LogP contribution < -0.4 is 0 Å². The van der Waals surface area contributed by atoms with Crippen LogP contribution in [0.25, 0.3) is 88.3 Å². The first-order valence-electron chi connectivity index (χ1n) is 24.7. The van der Waals surface area contributed by atoms with Crippen LogP contribution in [0.5, 0.6) is 0 Å². The zero-order valence-corrected chi connectivity index (χ0v) is 43.2. The second kappa shape index (κ2) is 17.2. The van der Waals surface area contributed by atoms with E-state index < -0.39 is 0 Å². The summed E-state index contributed by atoms with van der Waals surface area (Å²) in [7, 11) is 0. The molecule has 0 N–H and O–H groups in total. The highest BCUT2D eigenvalue weighted by Gasteiger charge is 2.25. The van der Waals surface area contributed by atoms with Crippen molar-refractivity contribution < 1.29 is 0 Å². The monoisotopic (exact) mass is 887 g/mol. The maximum Gasteiger partial charge on any atom is -0.00259 e. The molecule has 0 saturated carbocycles. The van der Waals surface area contributed by atoms with Crippen molar-refractivity contribution in [1.82, 2.24) is 0 Å². The molecule has 0 aromatic heterocycles. The maximum absolute atomic E-state index is 2.53. The van der Waals surface area contributed by atoms with Crippen molar-refractivity contribution in [3.63, 3.8) is 0 Å². The van der Waals surface area contributed by atoms with Gasteiger partial charge in [0, 0.05) is 0 Å². The van der Waals surface area contributed by atoms with Crippen LogP contribution in [-0.2, 0) is 21.7 Å². The minimum Gasteiger partial charge on any atom is -0.0587 e. The van der Waals surface area contributed by atoms with Gasteiger partial charge in [-0.25, -0.2) is 0 Å².